The number of methoxy groups -OCH3 is 1. The van der Waals surface area contributed by atoms with E-state index in [-0.39, 0.29) is 6.61 Å². The van der Waals surface area contributed by atoms with Crippen molar-refractivity contribution in [3.63, 3.8) is 0 Å². The number of hydrogen-bond acceptors (Lipinski definition) is 7. The molecule has 0 atom stereocenters. The Morgan fingerprint density at radius 3 is 2.00 bits per heavy atom. The third-order valence-corrected chi connectivity index (χ3v) is 3.12. The first kappa shape index (κ1) is 22.8. The predicted molar refractivity (Wildman–Crippen MR) is 83.6 cm³/mol. The first-order valence-corrected chi connectivity index (χ1v) is 7.55. The molecule has 0 aliphatic rings. The molecule has 7 nitrogen and oxygen atoms in total. The molecule has 27 heavy (non-hydrogen) atoms. The van der Waals surface area contributed by atoms with Crippen molar-refractivity contribution in [2.24, 2.45) is 0 Å². The van der Waals surface area contributed by atoms with Crippen molar-refractivity contribution in [1.82, 2.24) is 9.99 Å². The van der Waals surface area contributed by atoms with Crippen LogP contribution in [0.2, 0.25) is 0 Å². The van der Waals surface area contributed by atoms with Crippen molar-refractivity contribution < 1.29 is 41.0 Å². The standard InChI is InChI=1S/C14H15ClF5N3O4/c1-5-27-12(25)7-8(22-23(2)3)6(11(24)26-4)9(13(15,16)17)21-10(7)14(18,19)20/h5H2,1-4H3,(H,21,22). The van der Waals surface area contributed by atoms with Gasteiger partial charge in [0.25, 0.3) is 0 Å². The van der Waals surface area contributed by atoms with Gasteiger partial charge in [0.1, 0.15) is 16.8 Å². The number of carbonyl (C=O) groups excluding carboxylic acids is 2. The Morgan fingerprint density at radius 1 is 1.11 bits per heavy atom. The number of esters is 2. The molecule has 0 saturated heterocycles. The van der Waals surface area contributed by atoms with Gasteiger partial charge in [-0.05, 0) is 18.5 Å². The highest BCUT2D eigenvalue weighted by Crippen LogP contribution is 2.42. The van der Waals surface area contributed by atoms with Crippen molar-refractivity contribution >= 4 is 29.2 Å². The highest BCUT2D eigenvalue weighted by molar-refractivity contribution is 6.22. The van der Waals surface area contributed by atoms with Crippen molar-refractivity contribution in [2.75, 3.05) is 33.2 Å². The Balaban J connectivity index is 4.13. The second-order valence-corrected chi connectivity index (χ2v) is 5.62. The normalized spacial score (nSPS) is 12.1. The zero-order chi connectivity index (χ0) is 21.2. The lowest BCUT2D eigenvalue weighted by atomic mass is 10.0. The molecule has 1 heterocycles. The summed E-state index contributed by atoms with van der Waals surface area (Å²) in [4.78, 5) is 27.0. The number of halogens is 6. The van der Waals surface area contributed by atoms with Gasteiger partial charge in [0.2, 0.25) is 0 Å². The molecule has 1 rings (SSSR count). The van der Waals surface area contributed by atoms with Crippen molar-refractivity contribution in [2.45, 2.75) is 18.5 Å². The minimum absolute atomic E-state index is 0.321. The van der Waals surface area contributed by atoms with Crippen LogP contribution in [0.1, 0.15) is 39.0 Å². The maximum absolute atomic E-state index is 13.7. The number of ether oxygens (including phenoxy) is 2. The Kier molecular flexibility index (Phi) is 6.94. The molecular formula is C14H15ClF5N3O4. The number of aromatic nitrogens is 1. The van der Waals surface area contributed by atoms with E-state index in [0.29, 0.717) is 0 Å². The Morgan fingerprint density at radius 2 is 1.63 bits per heavy atom. The second kappa shape index (κ2) is 8.21. The largest absolute Gasteiger partial charge is 0.465 e. The first-order chi connectivity index (χ1) is 12.3. The SMILES string of the molecule is CCOC(=O)c1c(C(F)(F)F)nc(C(F)(F)Cl)c(C(=O)OC)c1NN(C)C. The zero-order valence-corrected chi connectivity index (χ0v) is 15.3. The molecule has 0 aliphatic heterocycles. The molecule has 152 valence electrons. The van der Waals surface area contributed by atoms with Gasteiger partial charge in [-0.25, -0.2) is 19.6 Å². The predicted octanol–water partition coefficient (Wildman–Crippen LogP) is 3.24. The van der Waals surface area contributed by atoms with Gasteiger partial charge in [0.15, 0.2) is 5.69 Å². The smallest absolute Gasteiger partial charge is 0.434 e. The highest BCUT2D eigenvalue weighted by atomic mass is 35.5. The van der Waals surface area contributed by atoms with E-state index in [1.807, 2.05) is 0 Å². The molecule has 1 N–H and O–H groups in total. The zero-order valence-electron chi connectivity index (χ0n) is 14.5. The average molecular weight is 420 g/mol. The van der Waals surface area contributed by atoms with Gasteiger partial charge in [-0.2, -0.15) is 22.0 Å². The summed E-state index contributed by atoms with van der Waals surface area (Å²) in [6, 6.07) is 0. The van der Waals surface area contributed by atoms with Crippen LogP contribution in [0.4, 0.5) is 27.6 Å². The van der Waals surface area contributed by atoms with Gasteiger partial charge >= 0.3 is 23.5 Å². The van der Waals surface area contributed by atoms with Crippen LogP contribution in [0.3, 0.4) is 0 Å². The van der Waals surface area contributed by atoms with Gasteiger partial charge in [-0.15, -0.1) is 0 Å². The molecule has 0 spiro atoms. The molecule has 0 amide bonds. The van der Waals surface area contributed by atoms with E-state index in [4.69, 9.17) is 11.6 Å². The molecule has 0 saturated carbocycles. The molecular weight excluding hydrogens is 405 g/mol. The van der Waals surface area contributed by atoms with E-state index in [9.17, 15) is 31.5 Å². The summed E-state index contributed by atoms with van der Waals surface area (Å²) in [5.41, 5.74) is -4.82. The van der Waals surface area contributed by atoms with E-state index in [1.165, 1.54) is 21.0 Å². The maximum Gasteiger partial charge on any atom is 0.434 e. The van der Waals surface area contributed by atoms with Gasteiger partial charge in [0, 0.05) is 14.1 Å². The summed E-state index contributed by atoms with van der Waals surface area (Å²) in [5.74, 6) is -3.02. The van der Waals surface area contributed by atoms with Gasteiger partial charge in [-0.1, -0.05) is 0 Å². The number of nitrogens with one attached hydrogen (secondary N) is 1. The fourth-order valence-electron chi connectivity index (χ4n) is 2.03. The molecule has 0 aliphatic carbocycles. The molecule has 0 unspecified atom stereocenters. The van der Waals surface area contributed by atoms with Crippen LogP contribution in [-0.4, -0.2) is 49.7 Å². The van der Waals surface area contributed by atoms with Crippen molar-refractivity contribution in [3.8, 4) is 0 Å². The van der Waals surface area contributed by atoms with E-state index in [2.05, 4.69) is 19.9 Å². The van der Waals surface area contributed by atoms with Gasteiger partial charge < -0.3 is 14.9 Å². The lowest BCUT2D eigenvalue weighted by Crippen LogP contribution is -2.30. The number of carbonyl (C=O) groups is 2. The fourth-order valence-corrected chi connectivity index (χ4v) is 2.17. The quantitative estimate of drug-likeness (QED) is 0.328. The van der Waals surface area contributed by atoms with Gasteiger partial charge in [0.05, 0.1) is 19.4 Å². The Labute approximate surface area is 155 Å². The van der Waals surface area contributed by atoms with Gasteiger partial charge in [-0.3, -0.25) is 0 Å². The Bertz CT molecular complexity index is 735. The lowest BCUT2D eigenvalue weighted by Gasteiger charge is -2.24. The van der Waals surface area contributed by atoms with E-state index >= 15 is 0 Å². The maximum atomic E-state index is 13.7. The summed E-state index contributed by atoms with van der Waals surface area (Å²) >= 11 is 4.86. The van der Waals surface area contributed by atoms with Crippen LogP contribution >= 0.6 is 11.6 Å². The number of hydrazine groups is 1. The number of hydrogen-bond donors (Lipinski definition) is 1. The summed E-state index contributed by atoms with van der Waals surface area (Å²) in [6.07, 6.45) is -5.34. The lowest BCUT2D eigenvalue weighted by molar-refractivity contribution is -0.142. The number of anilines is 1. The van der Waals surface area contributed by atoms with Crippen LogP contribution in [0.5, 0.6) is 0 Å². The minimum atomic E-state index is -5.34. The average Bonchev–Trinajstić information content (AvgIpc) is 2.50. The van der Waals surface area contributed by atoms with Crippen LogP contribution in [0, 0.1) is 0 Å². The third-order valence-electron chi connectivity index (χ3n) is 2.94. The fraction of sp³-hybridized carbons (Fsp3) is 0.500. The first-order valence-electron chi connectivity index (χ1n) is 7.17. The van der Waals surface area contributed by atoms with Crippen LogP contribution in [0.25, 0.3) is 0 Å². The highest BCUT2D eigenvalue weighted by Gasteiger charge is 2.46. The number of pyridine rings is 1. The molecule has 0 aromatic carbocycles. The van der Waals surface area contributed by atoms with E-state index < -0.39 is 51.7 Å². The van der Waals surface area contributed by atoms with Crippen LogP contribution in [0.15, 0.2) is 0 Å². The summed E-state index contributed by atoms with van der Waals surface area (Å²) in [6.45, 7) is 0.999. The third kappa shape index (κ3) is 5.16. The van der Waals surface area contributed by atoms with Crippen molar-refractivity contribution in [3.05, 3.63) is 22.5 Å². The Hall–Kier alpha value is -2.21. The topological polar surface area (TPSA) is 80.8 Å². The molecule has 0 fully saturated rings. The summed E-state index contributed by atoms with van der Waals surface area (Å²) < 4.78 is 76.7. The summed E-state index contributed by atoms with van der Waals surface area (Å²) in [7, 11) is 3.37. The molecule has 0 bridgehead atoms. The van der Waals surface area contributed by atoms with Crippen LogP contribution in [-0.2, 0) is 21.0 Å². The number of rotatable bonds is 6. The molecule has 0 radical (unpaired) electrons. The van der Waals surface area contributed by atoms with E-state index in [1.54, 1.807) is 0 Å². The monoisotopic (exact) mass is 419 g/mol. The van der Waals surface area contributed by atoms with E-state index in [0.717, 1.165) is 12.1 Å². The molecule has 13 heteroatoms. The molecule has 1 aromatic heterocycles. The molecule has 1 aromatic rings. The number of nitrogens with zero attached hydrogens (tertiary/aromatic N) is 2. The van der Waals surface area contributed by atoms with Crippen molar-refractivity contribution in [1.29, 1.82) is 0 Å². The summed E-state index contributed by atoms with van der Waals surface area (Å²) in [5, 5.41) is -3.46. The minimum Gasteiger partial charge on any atom is -0.465 e. The number of alkyl halides is 6. The van der Waals surface area contributed by atoms with Crippen LogP contribution < -0.4 is 5.43 Å². The second-order valence-electron chi connectivity index (χ2n) is 5.15.